The Balaban J connectivity index is 2.43. The number of benzene rings is 2. The van der Waals surface area contributed by atoms with Gasteiger partial charge in [-0.25, -0.2) is 4.39 Å². The molecule has 6 heteroatoms. The Hall–Kier alpha value is -1.15. The zero-order valence-electron chi connectivity index (χ0n) is 10.1. The van der Waals surface area contributed by atoms with E-state index in [1.54, 1.807) is 18.2 Å². The van der Waals surface area contributed by atoms with Crippen molar-refractivity contribution in [3.05, 3.63) is 68.5 Å². The van der Waals surface area contributed by atoms with Crippen LogP contribution in [0.25, 0.3) is 0 Å². The quantitative estimate of drug-likeness (QED) is 0.589. The van der Waals surface area contributed by atoms with Crippen LogP contribution in [0.5, 0.6) is 0 Å². The van der Waals surface area contributed by atoms with Crippen LogP contribution in [0.15, 0.2) is 42.5 Å². The van der Waals surface area contributed by atoms with E-state index in [-0.39, 0.29) is 5.56 Å². The van der Waals surface area contributed by atoms with Gasteiger partial charge >= 0.3 is 6.18 Å². The van der Waals surface area contributed by atoms with Gasteiger partial charge < -0.3 is 5.73 Å². The Morgan fingerprint density at radius 1 is 1.00 bits per heavy atom. The molecular weight excluding hydrogens is 385 g/mol. The van der Waals surface area contributed by atoms with Gasteiger partial charge in [0.15, 0.2) is 0 Å². The topological polar surface area (TPSA) is 26.0 Å². The Morgan fingerprint density at radius 3 is 2.25 bits per heavy atom. The minimum atomic E-state index is -4.73. The lowest BCUT2D eigenvalue weighted by molar-refractivity contribution is -0.140. The molecule has 0 aliphatic carbocycles. The highest BCUT2D eigenvalue weighted by molar-refractivity contribution is 14.1. The van der Waals surface area contributed by atoms with E-state index in [1.165, 1.54) is 6.07 Å². The molecule has 0 bridgehead atoms. The molecular formula is C14H10F4IN. The van der Waals surface area contributed by atoms with Crippen LogP contribution < -0.4 is 5.73 Å². The molecule has 0 fully saturated rings. The van der Waals surface area contributed by atoms with Crippen molar-refractivity contribution in [2.75, 3.05) is 0 Å². The van der Waals surface area contributed by atoms with Gasteiger partial charge in [-0.2, -0.15) is 13.2 Å². The fourth-order valence-electron chi connectivity index (χ4n) is 1.85. The van der Waals surface area contributed by atoms with Crippen molar-refractivity contribution in [1.29, 1.82) is 0 Å². The number of hydrogen-bond acceptors (Lipinski definition) is 1. The third-order valence-corrected chi connectivity index (χ3v) is 3.53. The lowest BCUT2D eigenvalue weighted by Crippen LogP contribution is -2.15. The Kier molecular flexibility index (Phi) is 4.33. The maximum absolute atomic E-state index is 13.2. The van der Waals surface area contributed by atoms with E-state index in [0.717, 1.165) is 15.7 Å². The van der Waals surface area contributed by atoms with Crippen molar-refractivity contribution in [2.24, 2.45) is 5.73 Å². The van der Waals surface area contributed by atoms with Crippen LogP contribution in [-0.2, 0) is 6.18 Å². The first-order valence-electron chi connectivity index (χ1n) is 5.66. The summed E-state index contributed by atoms with van der Waals surface area (Å²) < 4.78 is 52.2. The summed E-state index contributed by atoms with van der Waals surface area (Å²) in [5.41, 5.74) is 5.56. The first kappa shape index (κ1) is 15.2. The van der Waals surface area contributed by atoms with Crippen molar-refractivity contribution in [3.63, 3.8) is 0 Å². The highest BCUT2D eigenvalue weighted by Crippen LogP contribution is 2.33. The van der Waals surface area contributed by atoms with Gasteiger partial charge in [0, 0.05) is 3.57 Å². The highest BCUT2D eigenvalue weighted by Gasteiger charge is 2.34. The molecule has 2 aromatic carbocycles. The molecule has 0 amide bonds. The molecule has 0 saturated heterocycles. The maximum atomic E-state index is 13.2. The monoisotopic (exact) mass is 395 g/mol. The molecule has 0 heterocycles. The summed E-state index contributed by atoms with van der Waals surface area (Å²) in [7, 11) is 0. The van der Waals surface area contributed by atoms with Gasteiger partial charge in [-0.05, 0) is 58.0 Å². The average Bonchev–Trinajstić information content (AvgIpc) is 2.37. The standard InChI is InChI=1S/C14H10F4IN/c15-12-5-4-9(7-11(12)14(16,17)18)13(20)8-2-1-3-10(19)6-8/h1-7,13H,20H2. The van der Waals surface area contributed by atoms with Crippen LogP contribution in [0, 0.1) is 9.39 Å². The molecule has 2 aromatic rings. The molecule has 0 saturated carbocycles. The second-order valence-electron chi connectivity index (χ2n) is 4.27. The van der Waals surface area contributed by atoms with Crippen molar-refractivity contribution in [1.82, 2.24) is 0 Å². The minimum Gasteiger partial charge on any atom is -0.320 e. The van der Waals surface area contributed by atoms with Crippen LogP contribution in [0.2, 0.25) is 0 Å². The predicted molar refractivity (Wildman–Crippen MR) is 76.6 cm³/mol. The first-order chi connectivity index (χ1) is 9.29. The van der Waals surface area contributed by atoms with Crippen molar-refractivity contribution in [3.8, 4) is 0 Å². The van der Waals surface area contributed by atoms with Crippen molar-refractivity contribution >= 4 is 22.6 Å². The molecule has 0 aliphatic rings. The smallest absolute Gasteiger partial charge is 0.320 e. The van der Waals surface area contributed by atoms with Crippen LogP contribution in [0.1, 0.15) is 22.7 Å². The third-order valence-electron chi connectivity index (χ3n) is 2.86. The lowest BCUT2D eigenvalue weighted by Gasteiger charge is -2.16. The van der Waals surface area contributed by atoms with Gasteiger partial charge in [0.05, 0.1) is 11.6 Å². The summed E-state index contributed by atoms with van der Waals surface area (Å²) in [5.74, 6) is -1.30. The Bertz CT molecular complexity index is 625. The van der Waals surface area contributed by atoms with Crippen molar-refractivity contribution in [2.45, 2.75) is 12.2 Å². The zero-order chi connectivity index (χ0) is 14.9. The molecule has 0 aliphatic heterocycles. The number of hydrogen-bond donors (Lipinski definition) is 1. The molecule has 106 valence electrons. The molecule has 1 nitrogen and oxygen atoms in total. The molecule has 0 spiro atoms. The van der Waals surface area contributed by atoms with Crippen LogP contribution in [0.4, 0.5) is 17.6 Å². The van der Waals surface area contributed by atoms with E-state index < -0.39 is 23.6 Å². The first-order valence-corrected chi connectivity index (χ1v) is 6.74. The van der Waals surface area contributed by atoms with E-state index >= 15 is 0 Å². The van der Waals surface area contributed by atoms with Crippen LogP contribution in [-0.4, -0.2) is 0 Å². The number of rotatable bonds is 2. The number of nitrogens with two attached hydrogens (primary N) is 1. The molecule has 1 atom stereocenters. The molecule has 1 unspecified atom stereocenters. The molecule has 2 N–H and O–H groups in total. The van der Waals surface area contributed by atoms with Gasteiger partial charge in [-0.15, -0.1) is 0 Å². The molecule has 2 rings (SSSR count). The summed E-state index contributed by atoms with van der Waals surface area (Å²) >= 11 is 2.09. The Labute approximate surface area is 126 Å². The number of halogens is 5. The summed E-state index contributed by atoms with van der Waals surface area (Å²) in [6.07, 6.45) is -4.73. The molecule has 0 aromatic heterocycles. The summed E-state index contributed by atoms with van der Waals surface area (Å²) in [5, 5.41) is 0. The zero-order valence-corrected chi connectivity index (χ0v) is 12.2. The van der Waals surface area contributed by atoms with Crippen molar-refractivity contribution < 1.29 is 17.6 Å². The molecule has 0 radical (unpaired) electrons. The predicted octanol–water partition coefficient (Wildman–Crippen LogP) is 4.50. The van der Waals surface area contributed by atoms with Gasteiger partial charge in [0.25, 0.3) is 0 Å². The van der Waals surface area contributed by atoms with E-state index in [2.05, 4.69) is 22.6 Å². The van der Waals surface area contributed by atoms with E-state index in [9.17, 15) is 17.6 Å². The van der Waals surface area contributed by atoms with Gasteiger partial charge in [0.2, 0.25) is 0 Å². The SMILES string of the molecule is NC(c1cccc(I)c1)c1ccc(F)c(C(F)(F)F)c1. The third kappa shape index (κ3) is 3.29. The van der Waals surface area contributed by atoms with Gasteiger partial charge in [0.1, 0.15) is 5.82 Å². The van der Waals surface area contributed by atoms with E-state index in [1.807, 2.05) is 6.07 Å². The summed E-state index contributed by atoms with van der Waals surface area (Å²) in [6, 6.07) is 9.23. The summed E-state index contributed by atoms with van der Waals surface area (Å²) in [6.45, 7) is 0. The lowest BCUT2D eigenvalue weighted by atomic mass is 9.97. The van der Waals surface area contributed by atoms with E-state index in [4.69, 9.17) is 5.73 Å². The van der Waals surface area contributed by atoms with Gasteiger partial charge in [-0.1, -0.05) is 18.2 Å². The van der Waals surface area contributed by atoms with Crippen LogP contribution in [0.3, 0.4) is 0 Å². The largest absolute Gasteiger partial charge is 0.419 e. The minimum absolute atomic E-state index is 0.223. The Morgan fingerprint density at radius 2 is 1.65 bits per heavy atom. The second kappa shape index (κ2) is 5.69. The van der Waals surface area contributed by atoms with Crippen LogP contribution >= 0.6 is 22.6 Å². The van der Waals surface area contributed by atoms with Gasteiger partial charge in [-0.3, -0.25) is 0 Å². The second-order valence-corrected chi connectivity index (χ2v) is 5.52. The maximum Gasteiger partial charge on any atom is 0.419 e. The summed E-state index contributed by atoms with van der Waals surface area (Å²) in [4.78, 5) is 0. The normalized spacial score (nSPS) is 13.3. The average molecular weight is 395 g/mol. The fourth-order valence-corrected chi connectivity index (χ4v) is 2.41. The number of alkyl halides is 3. The molecule has 20 heavy (non-hydrogen) atoms. The highest BCUT2D eigenvalue weighted by atomic mass is 127. The fraction of sp³-hybridized carbons (Fsp3) is 0.143. The van der Waals surface area contributed by atoms with E-state index in [0.29, 0.717) is 5.56 Å².